The van der Waals surface area contributed by atoms with Crippen LogP contribution >= 0.6 is 15.9 Å². The second kappa shape index (κ2) is 12.0. The van der Waals surface area contributed by atoms with E-state index in [4.69, 9.17) is 0 Å². The minimum atomic E-state index is -3.75. The summed E-state index contributed by atoms with van der Waals surface area (Å²) in [6.07, 6.45) is 2.84. The van der Waals surface area contributed by atoms with Crippen molar-refractivity contribution in [1.82, 2.24) is 10.2 Å². The second-order valence-electron chi connectivity index (χ2n) is 7.55. The third kappa shape index (κ3) is 7.34. The van der Waals surface area contributed by atoms with Gasteiger partial charge in [-0.15, -0.1) is 0 Å². The maximum atomic E-state index is 13.4. The third-order valence-electron chi connectivity index (χ3n) is 4.99. The Morgan fingerprint density at radius 3 is 2.28 bits per heavy atom. The molecule has 0 fully saturated rings. The highest BCUT2D eigenvalue weighted by molar-refractivity contribution is 9.10. The quantitative estimate of drug-likeness (QED) is 0.456. The zero-order valence-electron chi connectivity index (χ0n) is 18.6. The van der Waals surface area contributed by atoms with Crippen molar-refractivity contribution in [2.45, 2.75) is 39.3 Å². The van der Waals surface area contributed by atoms with Gasteiger partial charge in [-0.1, -0.05) is 55.8 Å². The van der Waals surface area contributed by atoms with Gasteiger partial charge in [-0.3, -0.25) is 13.9 Å². The van der Waals surface area contributed by atoms with Crippen LogP contribution in [0.15, 0.2) is 59.1 Å². The van der Waals surface area contributed by atoms with E-state index < -0.39 is 28.5 Å². The van der Waals surface area contributed by atoms with Gasteiger partial charge in [0.15, 0.2) is 0 Å². The number of nitrogens with one attached hydrogen (secondary N) is 1. The number of nitrogens with zero attached hydrogens (tertiary/aromatic N) is 2. The van der Waals surface area contributed by atoms with Crippen molar-refractivity contribution in [3.63, 3.8) is 0 Å². The molecular formula is C23H30BrN3O4S. The van der Waals surface area contributed by atoms with E-state index in [0.29, 0.717) is 16.7 Å². The number of amides is 2. The number of halogens is 1. The average Bonchev–Trinajstić information content (AvgIpc) is 2.76. The first kappa shape index (κ1) is 25.9. The van der Waals surface area contributed by atoms with Crippen LogP contribution in [0.5, 0.6) is 0 Å². The van der Waals surface area contributed by atoms with Crippen LogP contribution in [0.1, 0.15) is 32.3 Å². The molecule has 9 heteroatoms. The number of carbonyl (C=O) groups is 2. The Kier molecular flexibility index (Phi) is 9.71. The van der Waals surface area contributed by atoms with Gasteiger partial charge in [0.25, 0.3) is 0 Å². The van der Waals surface area contributed by atoms with E-state index in [2.05, 4.69) is 21.2 Å². The SMILES string of the molecule is CCCCNC(=O)[C@@H](C)N(Cc1ccccc1)C(=O)CN(c1ccccc1Br)S(C)(=O)=O. The fourth-order valence-corrected chi connectivity index (χ4v) is 4.63. The molecule has 0 aromatic heterocycles. The molecule has 0 unspecified atom stereocenters. The fraction of sp³-hybridized carbons (Fsp3) is 0.391. The van der Waals surface area contributed by atoms with E-state index in [0.717, 1.165) is 29.0 Å². The highest BCUT2D eigenvalue weighted by atomic mass is 79.9. The monoisotopic (exact) mass is 523 g/mol. The first-order valence-electron chi connectivity index (χ1n) is 10.5. The molecule has 1 atom stereocenters. The van der Waals surface area contributed by atoms with E-state index in [-0.39, 0.29) is 12.5 Å². The van der Waals surface area contributed by atoms with Crippen molar-refractivity contribution in [3.05, 3.63) is 64.6 Å². The molecule has 0 spiro atoms. The van der Waals surface area contributed by atoms with E-state index in [1.54, 1.807) is 31.2 Å². The van der Waals surface area contributed by atoms with Gasteiger partial charge in [-0.05, 0) is 47.0 Å². The van der Waals surface area contributed by atoms with E-state index in [9.17, 15) is 18.0 Å². The normalized spacial score (nSPS) is 12.1. The molecule has 0 heterocycles. The largest absolute Gasteiger partial charge is 0.354 e. The molecule has 2 amide bonds. The van der Waals surface area contributed by atoms with Crippen molar-refractivity contribution in [2.75, 3.05) is 23.7 Å². The molecule has 2 aromatic rings. The van der Waals surface area contributed by atoms with Gasteiger partial charge >= 0.3 is 0 Å². The molecule has 0 aliphatic heterocycles. The lowest BCUT2D eigenvalue weighted by atomic mass is 10.1. The van der Waals surface area contributed by atoms with Crippen molar-refractivity contribution in [2.24, 2.45) is 0 Å². The van der Waals surface area contributed by atoms with Crippen molar-refractivity contribution < 1.29 is 18.0 Å². The average molecular weight is 524 g/mol. The summed E-state index contributed by atoms with van der Waals surface area (Å²) < 4.78 is 26.7. The highest BCUT2D eigenvalue weighted by Gasteiger charge is 2.30. The number of para-hydroxylation sites is 1. The first-order valence-corrected chi connectivity index (χ1v) is 13.1. The van der Waals surface area contributed by atoms with Crippen molar-refractivity contribution in [1.29, 1.82) is 0 Å². The molecular weight excluding hydrogens is 494 g/mol. The standard InChI is InChI=1S/C23H30BrN3O4S/c1-4-5-15-25-23(29)18(2)26(16-19-11-7-6-8-12-19)22(28)17-27(32(3,30)31)21-14-10-9-13-20(21)24/h6-14,18H,4-5,15-17H2,1-3H3,(H,25,29)/t18-/m1/s1. The molecule has 0 radical (unpaired) electrons. The molecule has 2 aromatic carbocycles. The van der Waals surface area contributed by atoms with Crippen LogP contribution in [-0.2, 0) is 26.2 Å². The molecule has 0 aliphatic carbocycles. The van der Waals surface area contributed by atoms with Gasteiger partial charge in [-0.2, -0.15) is 0 Å². The lowest BCUT2D eigenvalue weighted by Gasteiger charge is -2.31. The molecule has 0 saturated carbocycles. The van der Waals surface area contributed by atoms with E-state index in [1.165, 1.54) is 4.90 Å². The predicted octanol–water partition coefficient (Wildman–Crippen LogP) is 3.55. The molecule has 0 aliphatic rings. The van der Waals surface area contributed by atoms with Crippen LogP contribution in [-0.4, -0.2) is 50.5 Å². The number of benzene rings is 2. The molecule has 1 N–H and O–H groups in total. The molecule has 0 bridgehead atoms. The summed E-state index contributed by atoms with van der Waals surface area (Å²) in [5.74, 6) is -0.734. The number of anilines is 1. The predicted molar refractivity (Wildman–Crippen MR) is 131 cm³/mol. The summed E-state index contributed by atoms with van der Waals surface area (Å²) in [4.78, 5) is 27.5. The summed E-state index contributed by atoms with van der Waals surface area (Å²) in [6.45, 7) is 3.99. The number of rotatable bonds is 11. The second-order valence-corrected chi connectivity index (χ2v) is 10.3. The number of hydrogen-bond acceptors (Lipinski definition) is 4. The molecule has 0 saturated heterocycles. The van der Waals surface area contributed by atoms with Crippen LogP contribution < -0.4 is 9.62 Å². The maximum Gasteiger partial charge on any atom is 0.244 e. The Bertz CT molecular complexity index is 1010. The number of carbonyl (C=O) groups excluding carboxylic acids is 2. The summed E-state index contributed by atoms with van der Waals surface area (Å²) >= 11 is 3.36. The van der Waals surface area contributed by atoms with Crippen molar-refractivity contribution >= 4 is 43.5 Å². The Morgan fingerprint density at radius 1 is 1.06 bits per heavy atom. The summed E-state index contributed by atoms with van der Waals surface area (Å²) in [6, 6.07) is 15.4. The van der Waals surface area contributed by atoms with E-state index >= 15 is 0 Å². The Hall–Kier alpha value is -2.39. The number of hydrogen-bond donors (Lipinski definition) is 1. The van der Waals surface area contributed by atoms with Crippen LogP contribution in [0.3, 0.4) is 0 Å². The third-order valence-corrected chi connectivity index (χ3v) is 6.79. The van der Waals surface area contributed by atoms with Crippen LogP contribution in [0.4, 0.5) is 5.69 Å². The van der Waals surface area contributed by atoms with Gasteiger partial charge in [0.1, 0.15) is 12.6 Å². The van der Waals surface area contributed by atoms with Crippen LogP contribution in [0.2, 0.25) is 0 Å². The zero-order chi connectivity index (χ0) is 23.7. The van der Waals surface area contributed by atoms with E-state index in [1.807, 2.05) is 37.3 Å². The molecule has 7 nitrogen and oxygen atoms in total. The molecule has 32 heavy (non-hydrogen) atoms. The summed E-state index contributed by atoms with van der Waals surface area (Å²) in [5, 5.41) is 2.86. The Balaban J connectivity index is 2.33. The van der Waals surface area contributed by atoms with Crippen molar-refractivity contribution in [3.8, 4) is 0 Å². The fourth-order valence-electron chi connectivity index (χ4n) is 3.15. The summed E-state index contributed by atoms with van der Waals surface area (Å²) in [7, 11) is -3.75. The zero-order valence-corrected chi connectivity index (χ0v) is 21.0. The van der Waals surface area contributed by atoms with Gasteiger partial charge < -0.3 is 10.2 Å². The maximum absolute atomic E-state index is 13.4. The first-order chi connectivity index (χ1) is 15.1. The Morgan fingerprint density at radius 2 is 1.69 bits per heavy atom. The lowest BCUT2D eigenvalue weighted by molar-refractivity contribution is -0.139. The highest BCUT2D eigenvalue weighted by Crippen LogP contribution is 2.28. The number of unbranched alkanes of at least 4 members (excludes halogenated alkanes) is 1. The number of sulfonamides is 1. The van der Waals surface area contributed by atoms with Gasteiger partial charge in [-0.25, -0.2) is 8.42 Å². The minimum Gasteiger partial charge on any atom is -0.354 e. The van der Waals surface area contributed by atoms with Crippen LogP contribution in [0.25, 0.3) is 0 Å². The van der Waals surface area contributed by atoms with Gasteiger partial charge in [0.05, 0.1) is 11.9 Å². The van der Waals surface area contributed by atoms with Gasteiger partial charge in [0.2, 0.25) is 21.8 Å². The molecule has 2 rings (SSSR count). The van der Waals surface area contributed by atoms with Gasteiger partial charge in [0, 0.05) is 17.6 Å². The lowest BCUT2D eigenvalue weighted by Crippen LogP contribution is -2.51. The minimum absolute atomic E-state index is 0.190. The molecule has 174 valence electrons. The topological polar surface area (TPSA) is 86.8 Å². The smallest absolute Gasteiger partial charge is 0.244 e. The summed E-state index contributed by atoms with van der Waals surface area (Å²) in [5.41, 5.74) is 1.21. The Labute approximate surface area is 199 Å². The van der Waals surface area contributed by atoms with Crippen LogP contribution in [0, 0.1) is 0 Å².